The molecule has 0 radical (unpaired) electrons. The molecule has 2 rings (SSSR count). The first-order valence-corrected chi connectivity index (χ1v) is 7.15. The molecule has 0 unspecified atom stereocenters. The molecule has 0 bridgehead atoms. The van der Waals surface area contributed by atoms with Crippen LogP contribution in [0.15, 0.2) is 41.4 Å². The van der Waals surface area contributed by atoms with Crippen molar-refractivity contribution in [2.75, 3.05) is 6.61 Å². The number of benzene rings is 2. The van der Waals surface area contributed by atoms with Gasteiger partial charge in [-0.15, -0.1) is 0 Å². The Morgan fingerprint density at radius 3 is 2.70 bits per heavy atom. The average Bonchev–Trinajstić information content (AvgIpc) is 2.43. The number of aliphatic imine (C=N–C) groups is 1. The van der Waals surface area contributed by atoms with Gasteiger partial charge in [0.2, 0.25) is 0 Å². The lowest BCUT2D eigenvalue weighted by Crippen LogP contribution is -1.95. The molecule has 0 atom stereocenters. The maximum Gasteiger partial charge on any atom is 0.128 e. The molecule has 104 valence electrons. The molecule has 0 saturated carbocycles. The Morgan fingerprint density at radius 1 is 1.15 bits per heavy atom. The molecule has 0 aromatic heterocycles. The fourth-order valence-electron chi connectivity index (χ4n) is 1.64. The zero-order valence-electron chi connectivity index (χ0n) is 10.7. The van der Waals surface area contributed by atoms with Gasteiger partial charge in [0.15, 0.2) is 0 Å². The van der Waals surface area contributed by atoms with Gasteiger partial charge in [-0.1, -0.05) is 40.9 Å². The summed E-state index contributed by atoms with van der Waals surface area (Å²) in [6.45, 7) is 2.49. The fourth-order valence-corrected chi connectivity index (χ4v) is 2.16. The number of hydrogen-bond acceptors (Lipinski definition) is 2. The van der Waals surface area contributed by atoms with Crippen molar-refractivity contribution < 1.29 is 4.74 Å². The molecule has 0 N–H and O–H groups in total. The maximum absolute atomic E-state index is 6.09. The van der Waals surface area contributed by atoms with Crippen LogP contribution in [0.5, 0.6) is 5.75 Å². The maximum atomic E-state index is 6.09. The molecular weight excluding hydrogens is 317 g/mol. The van der Waals surface area contributed by atoms with Crippen molar-refractivity contribution in [2.24, 2.45) is 4.99 Å². The molecule has 2 aromatic rings. The summed E-state index contributed by atoms with van der Waals surface area (Å²) in [6.07, 6.45) is 1.66. The highest BCUT2D eigenvalue weighted by atomic mass is 35.5. The van der Waals surface area contributed by atoms with E-state index in [-0.39, 0.29) is 0 Å². The van der Waals surface area contributed by atoms with Crippen LogP contribution in [-0.2, 0) is 0 Å². The Morgan fingerprint density at radius 2 is 1.95 bits per heavy atom. The first-order chi connectivity index (χ1) is 9.61. The van der Waals surface area contributed by atoms with E-state index in [2.05, 4.69) is 4.99 Å². The van der Waals surface area contributed by atoms with Gasteiger partial charge in [0.1, 0.15) is 5.75 Å². The van der Waals surface area contributed by atoms with Gasteiger partial charge in [-0.2, -0.15) is 0 Å². The summed E-state index contributed by atoms with van der Waals surface area (Å²) in [7, 11) is 0. The third-order valence-electron chi connectivity index (χ3n) is 2.55. The summed E-state index contributed by atoms with van der Waals surface area (Å²) in [5.74, 6) is 0.721. The predicted octanol–water partition coefficient (Wildman–Crippen LogP) is 5.80. The monoisotopic (exact) mass is 327 g/mol. The van der Waals surface area contributed by atoms with Crippen LogP contribution in [0.2, 0.25) is 15.1 Å². The Hall–Kier alpha value is -1.22. The molecule has 20 heavy (non-hydrogen) atoms. The van der Waals surface area contributed by atoms with Gasteiger partial charge in [-0.05, 0) is 37.3 Å². The van der Waals surface area contributed by atoms with Crippen LogP contribution in [0.4, 0.5) is 5.69 Å². The lowest BCUT2D eigenvalue weighted by molar-refractivity contribution is 0.340. The van der Waals surface area contributed by atoms with E-state index in [1.807, 2.05) is 13.0 Å². The zero-order valence-corrected chi connectivity index (χ0v) is 13.0. The van der Waals surface area contributed by atoms with E-state index in [1.54, 1.807) is 36.5 Å². The summed E-state index contributed by atoms with van der Waals surface area (Å²) in [5, 5.41) is 1.51. The Labute approximate surface area is 133 Å². The minimum atomic E-state index is 0.422. The number of halogens is 3. The molecule has 0 aliphatic carbocycles. The molecule has 0 aliphatic rings. The van der Waals surface area contributed by atoms with E-state index >= 15 is 0 Å². The Bertz CT molecular complexity index is 641. The minimum absolute atomic E-state index is 0.422. The quantitative estimate of drug-likeness (QED) is 0.650. The molecule has 0 aliphatic heterocycles. The van der Waals surface area contributed by atoms with Crippen LogP contribution in [-0.4, -0.2) is 12.8 Å². The van der Waals surface area contributed by atoms with E-state index < -0.39 is 0 Å². The second kappa shape index (κ2) is 6.98. The van der Waals surface area contributed by atoms with Gasteiger partial charge < -0.3 is 4.74 Å². The normalized spacial score (nSPS) is 11.0. The van der Waals surface area contributed by atoms with Gasteiger partial charge >= 0.3 is 0 Å². The van der Waals surface area contributed by atoms with E-state index in [9.17, 15) is 0 Å². The predicted molar refractivity (Wildman–Crippen MR) is 86.3 cm³/mol. The highest BCUT2D eigenvalue weighted by molar-refractivity contribution is 6.43. The van der Waals surface area contributed by atoms with Crippen LogP contribution in [0.3, 0.4) is 0 Å². The Kier molecular flexibility index (Phi) is 5.30. The number of nitrogens with zero attached hydrogens (tertiary/aromatic N) is 1. The third kappa shape index (κ3) is 3.66. The molecule has 0 spiro atoms. The van der Waals surface area contributed by atoms with Crippen molar-refractivity contribution in [3.8, 4) is 5.75 Å². The Balaban J connectivity index is 2.35. The molecule has 2 nitrogen and oxygen atoms in total. The number of rotatable bonds is 4. The van der Waals surface area contributed by atoms with Crippen molar-refractivity contribution in [2.45, 2.75) is 6.92 Å². The number of ether oxygens (including phenoxy) is 1. The van der Waals surface area contributed by atoms with Gasteiger partial charge in [-0.25, -0.2) is 0 Å². The van der Waals surface area contributed by atoms with Gasteiger partial charge in [0.05, 0.1) is 22.3 Å². The van der Waals surface area contributed by atoms with Gasteiger partial charge in [-0.3, -0.25) is 4.99 Å². The second-order valence-electron chi connectivity index (χ2n) is 3.95. The summed E-state index contributed by atoms with van der Waals surface area (Å²) in [5.41, 5.74) is 1.39. The van der Waals surface area contributed by atoms with Gasteiger partial charge in [0.25, 0.3) is 0 Å². The standard InChI is InChI=1S/C15H12Cl3NO/c1-2-20-14-7-6-11(16)8-10(14)9-19-13-5-3-4-12(17)15(13)18/h3-9H,2H2,1H3. The first kappa shape index (κ1) is 15.2. The summed E-state index contributed by atoms with van der Waals surface area (Å²) in [6, 6.07) is 10.7. The van der Waals surface area contributed by atoms with Crippen LogP contribution < -0.4 is 4.74 Å². The summed E-state index contributed by atoms with van der Waals surface area (Å²) < 4.78 is 5.53. The van der Waals surface area contributed by atoms with Crippen molar-refractivity contribution in [3.63, 3.8) is 0 Å². The fraction of sp³-hybridized carbons (Fsp3) is 0.133. The van der Waals surface area contributed by atoms with Crippen molar-refractivity contribution in [1.82, 2.24) is 0 Å². The van der Waals surface area contributed by atoms with Crippen molar-refractivity contribution >= 4 is 46.7 Å². The topological polar surface area (TPSA) is 21.6 Å². The summed E-state index contributed by atoms with van der Waals surface area (Å²) >= 11 is 18.0. The molecule has 0 fully saturated rings. The van der Waals surface area contributed by atoms with Gasteiger partial charge in [0, 0.05) is 16.8 Å². The zero-order chi connectivity index (χ0) is 14.5. The van der Waals surface area contributed by atoms with E-state index in [0.717, 1.165) is 11.3 Å². The van der Waals surface area contributed by atoms with Crippen molar-refractivity contribution in [3.05, 3.63) is 57.0 Å². The molecule has 2 aromatic carbocycles. The van der Waals surface area contributed by atoms with Crippen LogP contribution in [0, 0.1) is 0 Å². The largest absolute Gasteiger partial charge is 0.493 e. The SMILES string of the molecule is CCOc1ccc(Cl)cc1C=Nc1cccc(Cl)c1Cl. The van der Waals surface area contributed by atoms with E-state index in [1.165, 1.54) is 0 Å². The highest BCUT2D eigenvalue weighted by Crippen LogP contribution is 2.32. The van der Waals surface area contributed by atoms with Crippen LogP contribution in [0.1, 0.15) is 12.5 Å². The lowest BCUT2D eigenvalue weighted by Gasteiger charge is -2.07. The molecule has 0 amide bonds. The molecule has 5 heteroatoms. The van der Waals surface area contributed by atoms with Crippen LogP contribution >= 0.6 is 34.8 Å². The molecular formula is C15H12Cl3NO. The van der Waals surface area contributed by atoms with Crippen LogP contribution in [0.25, 0.3) is 0 Å². The molecule has 0 saturated heterocycles. The summed E-state index contributed by atoms with van der Waals surface area (Å²) in [4.78, 5) is 4.34. The highest BCUT2D eigenvalue weighted by Gasteiger charge is 2.04. The average molecular weight is 329 g/mol. The van der Waals surface area contributed by atoms with E-state index in [4.69, 9.17) is 39.5 Å². The van der Waals surface area contributed by atoms with E-state index in [0.29, 0.717) is 27.4 Å². The lowest BCUT2D eigenvalue weighted by atomic mass is 10.2. The minimum Gasteiger partial charge on any atom is -0.493 e. The smallest absolute Gasteiger partial charge is 0.128 e. The molecule has 0 heterocycles. The third-order valence-corrected chi connectivity index (χ3v) is 3.59. The van der Waals surface area contributed by atoms with Crippen molar-refractivity contribution in [1.29, 1.82) is 0 Å². The second-order valence-corrected chi connectivity index (χ2v) is 5.17. The first-order valence-electron chi connectivity index (χ1n) is 6.02. The number of hydrogen-bond donors (Lipinski definition) is 0.